The third kappa shape index (κ3) is 2.16. The fourth-order valence-corrected chi connectivity index (χ4v) is 1.79. The van der Waals surface area contributed by atoms with Crippen LogP contribution in [-0.2, 0) is 18.3 Å². The summed E-state index contributed by atoms with van der Waals surface area (Å²) in [6, 6.07) is 2.15. The molecule has 0 aromatic carbocycles. The van der Waals surface area contributed by atoms with Crippen LogP contribution in [0.4, 0.5) is 0 Å². The Morgan fingerprint density at radius 3 is 3.07 bits per heavy atom. The third-order valence-electron chi connectivity index (χ3n) is 2.83. The van der Waals surface area contributed by atoms with E-state index in [1.165, 1.54) is 5.56 Å². The van der Waals surface area contributed by atoms with Gasteiger partial charge in [0, 0.05) is 38.1 Å². The Bertz CT molecular complexity index is 300. The summed E-state index contributed by atoms with van der Waals surface area (Å²) in [6.07, 6.45) is 5.33. The highest BCUT2D eigenvalue weighted by Crippen LogP contribution is 2.18. The minimum atomic E-state index is 0.176. The maximum atomic E-state index is 5.39. The van der Waals surface area contributed by atoms with Crippen molar-refractivity contribution in [2.45, 2.75) is 25.4 Å². The van der Waals surface area contributed by atoms with E-state index in [-0.39, 0.29) is 5.54 Å². The molecule has 3 heteroatoms. The van der Waals surface area contributed by atoms with Gasteiger partial charge in [-0.25, -0.2) is 0 Å². The van der Waals surface area contributed by atoms with Crippen LogP contribution >= 0.6 is 0 Å². The number of hydrogen-bond acceptors (Lipinski definition) is 2. The van der Waals surface area contributed by atoms with Crippen LogP contribution in [-0.4, -0.2) is 23.3 Å². The van der Waals surface area contributed by atoms with Gasteiger partial charge < -0.3 is 14.6 Å². The molecule has 0 saturated carbocycles. The zero-order valence-corrected chi connectivity index (χ0v) is 8.92. The minimum Gasteiger partial charge on any atom is -0.379 e. The Balaban J connectivity index is 1.87. The van der Waals surface area contributed by atoms with Gasteiger partial charge in [0.15, 0.2) is 0 Å². The average molecular weight is 194 g/mol. The highest BCUT2D eigenvalue weighted by atomic mass is 16.5. The van der Waals surface area contributed by atoms with Crippen LogP contribution < -0.4 is 5.32 Å². The largest absolute Gasteiger partial charge is 0.379 e. The van der Waals surface area contributed by atoms with E-state index < -0.39 is 0 Å². The van der Waals surface area contributed by atoms with Crippen molar-refractivity contribution < 1.29 is 4.74 Å². The fraction of sp³-hybridized carbons (Fsp3) is 0.636. The van der Waals surface area contributed by atoms with Crippen LogP contribution in [0.25, 0.3) is 0 Å². The fourth-order valence-electron chi connectivity index (χ4n) is 1.79. The molecule has 1 aliphatic rings. The molecule has 1 fully saturated rings. The monoisotopic (exact) mass is 194 g/mol. The second-order valence-corrected chi connectivity index (χ2v) is 4.40. The molecule has 2 rings (SSSR count). The Labute approximate surface area is 85.1 Å². The Hall–Kier alpha value is -0.800. The normalized spacial score (nSPS) is 27.0. The van der Waals surface area contributed by atoms with Gasteiger partial charge in [0.1, 0.15) is 0 Å². The predicted molar refractivity (Wildman–Crippen MR) is 56.1 cm³/mol. The first-order chi connectivity index (χ1) is 6.68. The van der Waals surface area contributed by atoms with E-state index in [2.05, 4.69) is 35.3 Å². The number of rotatable bonds is 3. The molecule has 1 saturated heterocycles. The van der Waals surface area contributed by atoms with Crippen molar-refractivity contribution in [2.24, 2.45) is 7.05 Å². The zero-order valence-electron chi connectivity index (χ0n) is 8.92. The summed E-state index contributed by atoms with van der Waals surface area (Å²) < 4.78 is 7.46. The van der Waals surface area contributed by atoms with Gasteiger partial charge in [0.25, 0.3) is 0 Å². The lowest BCUT2D eigenvalue weighted by molar-refractivity contribution is 0.171. The lowest BCUT2D eigenvalue weighted by atomic mass is 10.0. The van der Waals surface area contributed by atoms with Gasteiger partial charge in [-0.05, 0) is 25.0 Å². The molecule has 1 N–H and O–H groups in total. The van der Waals surface area contributed by atoms with E-state index >= 15 is 0 Å². The van der Waals surface area contributed by atoms with Crippen LogP contribution in [0.1, 0.15) is 18.9 Å². The molecular formula is C11H18N2O. The molecule has 1 aromatic rings. The SMILES string of the molecule is Cn1ccc(CNC2(C)CCOC2)c1. The molecule has 1 aromatic heterocycles. The second-order valence-electron chi connectivity index (χ2n) is 4.40. The number of nitrogens with one attached hydrogen (secondary N) is 1. The Morgan fingerprint density at radius 1 is 1.64 bits per heavy atom. The highest BCUT2D eigenvalue weighted by molar-refractivity contribution is 5.10. The zero-order chi connectivity index (χ0) is 10.0. The van der Waals surface area contributed by atoms with Crippen molar-refractivity contribution >= 4 is 0 Å². The molecular weight excluding hydrogens is 176 g/mol. The van der Waals surface area contributed by atoms with E-state index in [0.29, 0.717) is 0 Å². The van der Waals surface area contributed by atoms with Gasteiger partial charge in [-0.15, -0.1) is 0 Å². The van der Waals surface area contributed by atoms with Crippen molar-refractivity contribution in [3.05, 3.63) is 24.0 Å². The summed E-state index contributed by atoms with van der Waals surface area (Å²) >= 11 is 0. The number of ether oxygens (including phenoxy) is 1. The molecule has 1 unspecified atom stereocenters. The van der Waals surface area contributed by atoms with Gasteiger partial charge >= 0.3 is 0 Å². The van der Waals surface area contributed by atoms with E-state index in [4.69, 9.17) is 4.74 Å². The summed E-state index contributed by atoms with van der Waals surface area (Å²) in [7, 11) is 2.05. The maximum Gasteiger partial charge on any atom is 0.0646 e. The van der Waals surface area contributed by atoms with Crippen molar-refractivity contribution in [1.29, 1.82) is 0 Å². The Kier molecular flexibility index (Phi) is 2.61. The standard InChI is InChI=1S/C11H18N2O/c1-11(4-6-14-9-11)12-7-10-3-5-13(2)8-10/h3,5,8,12H,4,6-7,9H2,1-2H3. The van der Waals surface area contributed by atoms with Crippen LogP contribution in [0.5, 0.6) is 0 Å². The molecule has 0 spiro atoms. The quantitative estimate of drug-likeness (QED) is 0.785. The third-order valence-corrected chi connectivity index (χ3v) is 2.83. The minimum absolute atomic E-state index is 0.176. The molecule has 3 nitrogen and oxygen atoms in total. The molecule has 0 bridgehead atoms. The lowest BCUT2D eigenvalue weighted by Gasteiger charge is -2.23. The van der Waals surface area contributed by atoms with E-state index in [1.807, 2.05) is 7.05 Å². The second kappa shape index (κ2) is 3.75. The molecule has 0 amide bonds. The molecule has 2 heterocycles. The number of aryl methyl sites for hydroxylation is 1. The van der Waals surface area contributed by atoms with Gasteiger partial charge in [-0.3, -0.25) is 0 Å². The first-order valence-corrected chi connectivity index (χ1v) is 5.12. The Morgan fingerprint density at radius 2 is 2.50 bits per heavy atom. The molecule has 1 aliphatic heterocycles. The summed E-state index contributed by atoms with van der Waals surface area (Å²) in [5.74, 6) is 0. The van der Waals surface area contributed by atoms with Crippen molar-refractivity contribution in [3.63, 3.8) is 0 Å². The van der Waals surface area contributed by atoms with E-state index in [9.17, 15) is 0 Å². The molecule has 78 valence electrons. The van der Waals surface area contributed by atoms with Crippen molar-refractivity contribution in [2.75, 3.05) is 13.2 Å². The summed E-state index contributed by atoms with van der Waals surface area (Å²) in [6.45, 7) is 4.88. The van der Waals surface area contributed by atoms with Gasteiger partial charge in [-0.2, -0.15) is 0 Å². The molecule has 0 aliphatic carbocycles. The maximum absolute atomic E-state index is 5.39. The lowest BCUT2D eigenvalue weighted by Crippen LogP contribution is -2.42. The van der Waals surface area contributed by atoms with Crippen LogP contribution in [0.15, 0.2) is 18.5 Å². The average Bonchev–Trinajstić information content (AvgIpc) is 2.73. The smallest absolute Gasteiger partial charge is 0.0646 e. The summed E-state index contributed by atoms with van der Waals surface area (Å²) in [4.78, 5) is 0. The van der Waals surface area contributed by atoms with Gasteiger partial charge in [0.2, 0.25) is 0 Å². The highest BCUT2D eigenvalue weighted by Gasteiger charge is 2.28. The van der Waals surface area contributed by atoms with Crippen molar-refractivity contribution in [1.82, 2.24) is 9.88 Å². The van der Waals surface area contributed by atoms with Crippen LogP contribution in [0, 0.1) is 0 Å². The first-order valence-electron chi connectivity index (χ1n) is 5.12. The van der Waals surface area contributed by atoms with Crippen molar-refractivity contribution in [3.8, 4) is 0 Å². The van der Waals surface area contributed by atoms with E-state index in [1.54, 1.807) is 0 Å². The van der Waals surface area contributed by atoms with E-state index in [0.717, 1.165) is 26.2 Å². The van der Waals surface area contributed by atoms with Crippen LogP contribution in [0.3, 0.4) is 0 Å². The van der Waals surface area contributed by atoms with Gasteiger partial charge in [-0.1, -0.05) is 0 Å². The molecule has 1 atom stereocenters. The number of aromatic nitrogens is 1. The van der Waals surface area contributed by atoms with Gasteiger partial charge in [0.05, 0.1) is 6.61 Å². The first kappa shape index (κ1) is 9.74. The topological polar surface area (TPSA) is 26.2 Å². The summed E-state index contributed by atoms with van der Waals surface area (Å²) in [5.41, 5.74) is 1.51. The molecule has 14 heavy (non-hydrogen) atoms. The van der Waals surface area contributed by atoms with Crippen LogP contribution in [0.2, 0.25) is 0 Å². The molecule has 0 radical (unpaired) electrons. The summed E-state index contributed by atoms with van der Waals surface area (Å²) in [5, 5.41) is 3.55. The predicted octanol–water partition coefficient (Wildman–Crippen LogP) is 1.29. The number of hydrogen-bond donors (Lipinski definition) is 1. The number of nitrogens with zero attached hydrogens (tertiary/aromatic N) is 1.